The summed E-state index contributed by atoms with van der Waals surface area (Å²) in [5.74, 6) is -3.80. The van der Waals surface area contributed by atoms with E-state index in [4.69, 9.17) is 61.6 Å². The van der Waals surface area contributed by atoms with Crippen molar-refractivity contribution in [3.8, 4) is 17.2 Å². The average molecular weight is 1170 g/mol. The van der Waals surface area contributed by atoms with Gasteiger partial charge in [-0.25, -0.2) is 0 Å². The van der Waals surface area contributed by atoms with E-state index in [2.05, 4.69) is 0 Å². The van der Waals surface area contributed by atoms with Gasteiger partial charge in [0.1, 0.15) is 60.0 Å². The van der Waals surface area contributed by atoms with Gasteiger partial charge in [-0.1, -0.05) is 19.1 Å². The van der Waals surface area contributed by atoms with Crippen LogP contribution in [0.5, 0.6) is 17.2 Å². The molecule has 6 saturated heterocycles. The number of ketones is 4. The van der Waals surface area contributed by atoms with Gasteiger partial charge in [0, 0.05) is 67.3 Å². The lowest BCUT2D eigenvalue weighted by atomic mass is 9.70. The van der Waals surface area contributed by atoms with Gasteiger partial charge < -0.3 is 91.8 Å². The van der Waals surface area contributed by atoms with Gasteiger partial charge in [0.15, 0.2) is 55.1 Å². The summed E-state index contributed by atoms with van der Waals surface area (Å²) in [5, 5.41) is 49.4. The van der Waals surface area contributed by atoms with E-state index in [9.17, 15) is 39.6 Å². The van der Waals surface area contributed by atoms with Crippen LogP contribution in [0.2, 0.25) is 0 Å². The number of aromatic hydroxyl groups is 3. The topological polar surface area (TPSA) is 276 Å². The molecule has 2 aromatic carbocycles. The number of fused-ring (bicyclic) bond motifs is 5. The van der Waals surface area contributed by atoms with Gasteiger partial charge in [-0.3, -0.25) is 19.2 Å². The molecular weight excluding hydrogens is 1080 g/mol. The van der Waals surface area contributed by atoms with Crippen molar-refractivity contribution < 1.29 is 101 Å². The van der Waals surface area contributed by atoms with E-state index in [-0.39, 0.29) is 90.2 Å². The molecule has 83 heavy (non-hydrogen) atoms. The van der Waals surface area contributed by atoms with E-state index < -0.39 is 157 Å². The molecule has 0 radical (unpaired) electrons. The normalized spacial score (nSPS) is 41.8. The van der Waals surface area contributed by atoms with Crippen molar-refractivity contribution in [1.82, 2.24) is 9.80 Å². The molecule has 0 spiro atoms. The van der Waals surface area contributed by atoms with E-state index in [1.54, 1.807) is 26.8 Å². The van der Waals surface area contributed by atoms with Crippen LogP contribution in [0.3, 0.4) is 0 Å². The Morgan fingerprint density at radius 1 is 0.614 bits per heavy atom. The zero-order chi connectivity index (χ0) is 59.2. The Bertz CT molecular complexity index is 2830. The lowest BCUT2D eigenvalue weighted by Crippen LogP contribution is -2.62. The average Bonchev–Trinajstić information content (AvgIpc) is 1.62. The summed E-state index contributed by atoms with van der Waals surface area (Å²) >= 11 is 0. The summed E-state index contributed by atoms with van der Waals surface area (Å²) in [6, 6.07) is 3.30. The lowest BCUT2D eigenvalue weighted by Gasteiger charge is -2.51. The maximum Gasteiger partial charge on any atom is 0.202 e. The number of likely N-dealkylation sites (N-methyl/N-ethyl adjacent to an activating group) is 2. The molecule has 7 heterocycles. The number of carbonyl (C=O) groups is 4. The fourth-order valence-electron chi connectivity index (χ4n) is 13.7. The maximum absolute atomic E-state index is 14.6. The summed E-state index contributed by atoms with van der Waals surface area (Å²) in [7, 11) is 7.59. The summed E-state index contributed by atoms with van der Waals surface area (Å²) in [6.07, 6.45) is -9.03. The minimum Gasteiger partial charge on any atom is -0.507 e. The highest BCUT2D eigenvalue weighted by atomic mass is 16.8. The molecule has 5 unspecified atom stereocenters. The van der Waals surface area contributed by atoms with Crippen molar-refractivity contribution in [3.63, 3.8) is 0 Å². The number of phenolic OH excluding ortho intramolecular Hbond substituents is 3. The largest absolute Gasteiger partial charge is 0.507 e. The number of phenols is 3. The van der Waals surface area contributed by atoms with Crippen LogP contribution in [0, 0.1) is 0 Å². The van der Waals surface area contributed by atoms with Gasteiger partial charge in [-0.2, -0.15) is 0 Å². The van der Waals surface area contributed by atoms with Gasteiger partial charge >= 0.3 is 0 Å². The molecule has 2 aliphatic carbocycles. The minimum absolute atomic E-state index is 0.0175. The first-order valence-electron chi connectivity index (χ1n) is 29.3. The van der Waals surface area contributed by atoms with E-state index >= 15 is 0 Å². The first-order chi connectivity index (χ1) is 39.4. The number of Topliss-reactive ketones (excluding diaryl/α,β-unsaturated/α-hetero) is 1. The minimum atomic E-state index is -1.88. The Morgan fingerprint density at radius 3 is 1.88 bits per heavy atom. The predicted octanol–water partition coefficient (Wildman–Crippen LogP) is 4.91. The summed E-state index contributed by atoms with van der Waals surface area (Å²) in [4.78, 5) is 57.6. The first kappa shape index (κ1) is 60.3. The molecule has 0 bridgehead atoms. The maximum atomic E-state index is 14.6. The number of aliphatic hydroxyl groups is 1. The summed E-state index contributed by atoms with van der Waals surface area (Å²) in [5.41, 5.74) is -3.72. The Balaban J connectivity index is 0.845. The lowest BCUT2D eigenvalue weighted by molar-refractivity contribution is -0.371. The molecule has 456 valence electrons. The first-order valence-corrected chi connectivity index (χ1v) is 29.3. The van der Waals surface area contributed by atoms with Gasteiger partial charge in [-0.15, -0.1) is 0 Å². The van der Waals surface area contributed by atoms with Crippen LogP contribution in [0.25, 0.3) is 0 Å². The summed E-state index contributed by atoms with van der Waals surface area (Å²) in [6.45, 7) is 12.6. The van der Waals surface area contributed by atoms with Crippen LogP contribution in [-0.4, -0.2) is 210 Å². The number of hydrogen-bond acceptors (Lipinski definition) is 23. The van der Waals surface area contributed by atoms with Crippen molar-refractivity contribution in [3.05, 3.63) is 63.7 Å². The van der Waals surface area contributed by atoms with Gasteiger partial charge in [0.2, 0.25) is 5.78 Å². The van der Waals surface area contributed by atoms with E-state index in [0.29, 0.717) is 19.3 Å². The van der Waals surface area contributed by atoms with Crippen LogP contribution >= 0.6 is 0 Å². The molecule has 2 aromatic rings. The molecule has 23 atom stereocenters. The SMILES string of the molecule is CC[C@@]1(O)C[C@H](O[C@H]2C[C@H](N(C)C)[C@H](O[C@H]3CC4OC5CC(=O)[C@H](C)OC5OC4[C@H](C)O3)[C@H](C)O2)c2c(O)c3c(c(O)c2[C@H]1O[C@@H]1C[C@H](N(C)C)[C@H](O[C@H]2CCC(O[C@H]4C=CC(=O)[C@H](C)O4)[C@H](C)O2)[C@H](C)O1)C(=O)c1cccc(O)c1C3=O. The number of ether oxygens (including phenoxy) is 13. The van der Waals surface area contributed by atoms with Gasteiger partial charge in [-0.05, 0) is 101 Å². The molecule has 0 saturated carbocycles. The van der Waals surface area contributed by atoms with Crippen LogP contribution < -0.4 is 0 Å². The number of rotatable bonds is 13. The molecule has 23 nitrogen and oxygen atoms in total. The zero-order valence-electron chi connectivity index (χ0n) is 48.9. The Kier molecular flexibility index (Phi) is 17.2. The quantitative estimate of drug-likeness (QED) is 0.166. The fourth-order valence-corrected chi connectivity index (χ4v) is 13.7. The van der Waals surface area contributed by atoms with Crippen molar-refractivity contribution in [2.75, 3.05) is 28.2 Å². The second kappa shape index (κ2) is 23.7. The Hall–Kier alpha value is -4.38. The predicted molar refractivity (Wildman–Crippen MR) is 288 cm³/mol. The Morgan fingerprint density at radius 2 is 1.23 bits per heavy atom. The number of hydrogen-bond donors (Lipinski definition) is 4. The molecule has 9 aliphatic rings. The molecule has 6 fully saturated rings. The molecule has 7 aliphatic heterocycles. The second-order valence-corrected chi connectivity index (χ2v) is 24.3. The molecule has 11 rings (SSSR count). The molecule has 4 N–H and O–H groups in total. The monoisotopic (exact) mass is 1160 g/mol. The van der Waals surface area contributed by atoms with E-state index in [1.165, 1.54) is 24.3 Å². The van der Waals surface area contributed by atoms with E-state index in [1.807, 2.05) is 65.7 Å². The fraction of sp³-hybridized carbons (Fsp3) is 0.700. The third-order valence-electron chi connectivity index (χ3n) is 18.3. The number of carbonyl (C=O) groups excluding carboxylic acids is 4. The molecular formula is C60H80N2O21. The third kappa shape index (κ3) is 11.4. The highest BCUT2D eigenvalue weighted by Gasteiger charge is 2.56. The van der Waals surface area contributed by atoms with Crippen molar-refractivity contribution in [1.29, 1.82) is 0 Å². The summed E-state index contributed by atoms with van der Waals surface area (Å²) < 4.78 is 83.8. The molecule has 0 aromatic heterocycles. The van der Waals surface area contributed by atoms with Crippen LogP contribution in [-0.2, 0) is 71.2 Å². The van der Waals surface area contributed by atoms with Crippen molar-refractivity contribution >= 4 is 23.1 Å². The van der Waals surface area contributed by atoms with Gasteiger partial charge in [0.25, 0.3) is 0 Å². The van der Waals surface area contributed by atoms with Crippen LogP contribution in [0.15, 0.2) is 30.4 Å². The van der Waals surface area contributed by atoms with Crippen molar-refractivity contribution in [2.24, 2.45) is 0 Å². The van der Waals surface area contributed by atoms with Gasteiger partial charge in [0.05, 0.1) is 65.0 Å². The number of nitrogens with zero attached hydrogens (tertiary/aromatic N) is 2. The smallest absolute Gasteiger partial charge is 0.202 e. The third-order valence-corrected chi connectivity index (χ3v) is 18.3. The van der Waals surface area contributed by atoms with Crippen molar-refractivity contribution in [2.45, 2.75) is 241 Å². The number of benzene rings is 2. The molecule has 0 amide bonds. The second-order valence-electron chi connectivity index (χ2n) is 24.3. The standard InChI is InChI=1S/C60H80N2O21/c1-12-60(70)24-40(79-43-20-32(61(8)9)56(29(6)73-43)81-45-23-38-57(30(7)75-45)83-59-39(77-38)22-36(65)26(3)76-59)47-50(54(69)48-49(53(47)68)52(67)46-31(51(48)66)14-13-15-35(46)64)58(60)82-44-21-33(62(10)11)55(28(5)74-44)80-42-19-17-37(27(4)72-42)78-41-18-16-34(63)25(2)71-41/h13-16,18,25-30,32-33,37-45,55-59,64,68-70H,12,17,19-24H2,1-11H3/t25-,26-,27-,28-,29-,30-,32-,33-,37?,38?,39?,40-,41-,42-,43-,44+,45-,55+,56+,57?,58+,59?,60+/m0/s1. The highest BCUT2D eigenvalue weighted by molar-refractivity contribution is 6.31. The van der Waals surface area contributed by atoms with Crippen LogP contribution in [0.1, 0.15) is 155 Å². The highest BCUT2D eigenvalue weighted by Crippen LogP contribution is 2.58. The van der Waals surface area contributed by atoms with E-state index in [0.717, 1.165) is 0 Å². The van der Waals surface area contributed by atoms with Crippen LogP contribution in [0.4, 0.5) is 0 Å². The Labute approximate surface area is 482 Å². The molecule has 23 heteroatoms. The zero-order valence-corrected chi connectivity index (χ0v) is 48.9.